The lowest BCUT2D eigenvalue weighted by atomic mass is 9.89. The smallest absolute Gasteiger partial charge is 0.254 e. The number of aryl methyl sites for hydroxylation is 1. The van der Waals surface area contributed by atoms with E-state index in [4.69, 9.17) is 0 Å². The molecule has 0 atom stereocenters. The average Bonchev–Trinajstić information content (AvgIpc) is 3.04. The molecule has 1 saturated heterocycles. The largest absolute Gasteiger partial charge is 0.361 e. The van der Waals surface area contributed by atoms with Crippen LogP contribution >= 0.6 is 0 Å². The second-order valence-corrected chi connectivity index (χ2v) is 6.77. The zero-order valence-corrected chi connectivity index (χ0v) is 14.2. The molecule has 4 rings (SSSR count). The Kier molecular flexibility index (Phi) is 3.92. The van der Waals surface area contributed by atoms with E-state index in [1.54, 1.807) is 13.0 Å². The number of piperidine rings is 1. The van der Waals surface area contributed by atoms with E-state index in [2.05, 4.69) is 34.4 Å². The summed E-state index contributed by atoms with van der Waals surface area (Å²) >= 11 is 0. The first kappa shape index (κ1) is 15.7. The number of carbonyl (C=O) groups excluding carboxylic acids is 1. The van der Waals surface area contributed by atoms with Gasteiger partial charge in [0.2, 0.25) is 5.56 Å². The van der Waals surface area contributed by atoms with Gasteiger partial charge >= 0.3 is 0 Å². The molecule has 2 aromatic heterocycles. The fraction of sp³-hybridized carbons (Fsp3) is 0.300. The molecule has 0 bridgehead atoms. The first-order valence-electron chi connectivity index (χ1n) is 8.68. The van der Waals surface area contributed by atoms with Crippen LogP contribution in [0.2, 0.25) is 0 Å². The SMILES string of the molecule is Cc1cc(C(=O)N2CCC(c3c[nH]c4ccccc34)CC2)cc(=O)[nH]1. The molecule has 1 aromatic carbocycles. The van der Waals surface area contributed by atoms with E-state index < -0.39 is 0 Å². The normalized spacial score (nSPS) is 15.6. The number of likely N-dealkylation sites (tertiary alicyclic amines) is 1. The van der Waals surface area contributed by atoms with Crippen LogP contribution < -0.4 is 5.56 Å². The van der Waals surface area contributed by atoms with E-state index in [1.165, 1.54) is 17.0 Å². The maximum absolute atomic E-state index is 12.7. The number of hydrogen-bond donors (Lipinski definition) is 2. The minimum absolute atomic E-state index is 0.0495. The molecule has 0 aliphatic carbocycles. The van der Waals surface area contributed by atoms with Gasteiger partial charge in [0.25, 0.3) is 5.91 Å². The number of fused-ring (bicyclic) bond motifs is 1. The molecule has 128 valence electrons. The van der Waals surface area contributed by atoms with Crippen molar-refractivity contribution in [2.24, 2.45) is 0 Å². The summed E-state index contributed by atoms with van der Waals surface area (Å²) in [5.41, 5.74) is 3.47. The van der Waals surface area contributed by atoms with Crippen molar-refractivity contribution < 1.29 is 4.79 Å². The first-order chi connectivity index (χ1) is 12.1. The van der Waals surface area contributed by atoms with Crippen LogP contribution in [0.1, 0.15) is 40.4 Å². The van der Waals surface area contributed by atoms with Crippen LogP contribution in [-0.2, 0) is 0 Å². The van der Waals surface area contributed by atoms with Crippen LogP contribution in [0.5, 0.6) is 0 Å². The molecule has 0 unspecified atom stereocenters. The van der Waals surface area contributed by atoms with Gasteiger partial charge in [0.05, 0.1) is 0 Å². The van der Waals surface area contributed by atoms with E-state index in [-0.39, 0.29) is 11.5 Å². The Morgan fingerprint density at radius 1 is 1.16 bits per heavy atom. The van der Waals surface area contributed by atoms with Crippen molar-refractivity contribution in [3.8, 4) is 0 Å². The van der Waals surface area contributed by atoms with Gasteiger partial charge < -0.3 is 14.9 Å². The standard InChI is InChI=1S/C20H21N3O2/c1-13-10-15(11-19(24)22-13)20(25)23-8-6-14(7-9-23)17-12-21-18-5-3-2-4-16(17)18/h2-5,10-12,14,21H,6-9H2,1H3,(H,22,24). The summed E-state index contributed by atoms with van der Waals surface area (Å²) in [5.74, 6) is 0.410. The Morgan fingerprint density at radius 3 is 2.68 bits per heavy atom. The van der Waals surface area contributed by atoms with E-state index in [0.717, 1.165) is 31.4 Å². The molecule has 1 fully saturated rings. The molecule has 0 saturated carbocycles. The third-order valence-electron chi connectivity index (χ3n) is 5.07. The maximum atomic E-state index is 12.7. The molecule has 1 aliphatic rings. The summed E-state index contributed by atoms with van der Waals surface area (Å²) < 4.78 is 0. The second-order valence-electron chi connectivity index (χ2n) is 6.77. The van der Waals surface area contributed by atoms with Crippen molar-refractivity contribution in [2.45, 2.75) is 25.7 Å². The molecule has 25 heavy (non-hydrogen) atoms. The van der Waals surface area contributed by atoms with Crippen molar-refractivity contribution in [2.75, 3.05) is 13.1 Å². The molecule has 5 nitrogen and oxygen atoms in total. The third kappa shape index (κ3) is 2.97. The number of carbonyl (C=O) groups is 1. The van der Waals surface area contributed by atoms with E-state index in [1.807, 2.05) is 11.0 Å². The van der Waals surface area contributed by atoms with Crippen molar-refractivity contribution in [1.82, 2.24) is 14.9 Å². The number of aromatic amines is 2. The van der Waals surface area contributed by atoms with Gasteiger partial charge in [-0.05, 0) is 43.4 Å². The lowest BCUT2D eigenvalue weighted by Crippen LogP contribution is -2.38. The fourth-order valence-electron chi connectivity index (χ4n) is 3.81. The number of para-hydroxylation sites is 1. The van der Waals surface area contributed by atoms with Gasteiger partial charge in [-0.1, -0.05) is 18.2 Å². The van der Waals surface area contributed by atoms with Crippen molar-refractivity contribution >= 4 is 16.8 Å². The molecule has 3 heterocycles. The molecular weight excluding hydrogens is 314 g/mol. The van der Waals surface area contributed by atoms with E-state index in [9.17, 15) is 9.59 Å². The lowest BCUT2D eigenvalue weighted by molar-refractivity contribution is 0.0713. The number of amides is 1. The summed E-state index contributed by atoms with van der Waals surface area (Å²) in [6, 6.07) is 11.5. The average molecular weight is 335 g/mol. The summed E-state index contributed by atoms with van der Waals surface area (Å²) in [4.78, 5) is 32.2. The highest BCUT2D eigenvalue weighted by Gasteiger charge is 2.26. The molecule has 1 amide bonds. The van der Waals surface area contributed by atoms with Crippen LogP contribution in [0.4, 0.5) is 0 Å². The minimum Gasteiger partial charge on any atom is -0.361 e. The van der Waals surface area contributed by atoms with Gasteiger partial charge in [-0.2, -0.15) is 0 Å². The van der Waals surface area contributed by atoms with E-state index >= 15 is 0 Å². The summed E-state index contributed by atoms with van der Waals surface area (Å²) in [5, 5.41) is 1.28. The number of pyridine rings is 1. The predicted octanol–water partition coefficient (Wildman–Crippen LogP) is 3.18. The zero-order chi connectivity index (χ0) is 17.4. The summed E-state index contributed by atoms with van der Waals surface area (Å²) in [6.45, 7) is 3.23. The van der Waals surface area contributed by atoms with Crippen LogP contribution in [0.25, 0.3) is 10.9 Å². The summed E-state index contributed by atoms with van der Waals surface area (Å²) in [6.07, 6.45) is 3.98. The monoisotopic (exact) mass is 335 g/mol. The van der Waals surface area contributed by atoms with E-state index in [0.29, 0.717) is 17.2 Å². The molecule has 1 aliphatic heterocycles. The van der Waals surface area contributed by atoms with Gasteiger partial charge in [0, 0.05) is 47.5 Å². The Labute approximate surface area is 145 Å². The highest BCUT2D eigenvalue weighted by Crippen LogP contribution is 2.33. The molecule has 5 heteroatoms. The van der Waals surface area contributed by atoms with Gasteiger partial charge in [-0.15, -0.1) is 0 Å². The highest BCUT2D eigenvalue weighted by atomic mass is 16.2. The number of H-pyrrole nitrogens is 2. The van der Waals surface area contributed by atoms with Crippen molar-refractivity contribution in [1.29, 1.82) is 0 Å². The van der Waals surface area contributed by atoms with Gasteiger partial charge in [0.15, 0.2) is 0 Å². The van der Waals surface area contributed by atoms with Gasteiger partial charge in [-0.25, -0.2) is 0 Å². The fourth-order valence-corrected chi connectivity index (χ4v) is 3.81. The number of hydrogen-bond acceptors (Lipinski definition) is 2. The van der Waals surface area contributed by atoms with Crippen LogP contribution in [0.15, 0.2) is 47.4 Å². The lowest BCUT2D eigenvalue weighted by Gasteiger charge is -2.32. The molecule has 0 radical (unpaired) electrons. The topological polar surface area (TPSA) is 69.0 Å². The van der Waals surface area contributed by atoms with Gasteiger partial charge in [-0.3, -0.25) is 9.59 Å². The maximum Gasteiger partial charge on any atom is 0.254 e. The Morgan fingerprint density at radius 2 is 1.92 bits per heavy atom. The second kappa shape index (κ2) is 6.24. The van der Waals surface area contributed by atoms with Gasteiger partial charge in [0.1, 0.15) is 0 Å². The molecular formula is C20H21N3O2. The van der Waals surface area contributed by atoms with Crippen molar-refractivity contribution in [3.05, 3.63) is 69.8 Å². The van der Waals surface area contributed by atoms with Crippen LogP contribution in [0.3, 0.4) is 0 Å². The number of nitrogens with zero attached hydrogens (tertiary/aromatic N) is 1. The highest BCUT2D eigenvalue weighted by molar-refractivity contribution is 5.94. The zero-order valence-electron chi connectivity index (χ0n) is 14.2. The Bertz CT molecular complexity index is 978. The Hall–Kier alpha value is -2.82. The minimum atomic E-state index is -0.225. The van der Waals surface area contributed by atoms with Crippen molar-refractivity contribution in [3.63, 3.8) is 0 Å². The quantitative estimate of drug-likeness (QED) is 0.755. The Balaban J connectivity index is 1.49. The first-order valence-corrected chi connectivity index (χ1v) is 8.68. The third-order valence-corrected chi connectivity index (χ3v) is 5.07. The number of rotatable bonds is 2. The van der Waals surface area contributed by atoms with Crippen LogP contribution in [0, 0.1) is 6.92 Å². The molecule has 3 aromatic rings. The van der Waals surface area contributed by atoms with Crippen LogP contribution in [-0.4, -0.2) is 33.9 Å². The molecule has 0 spiro atoms. The predicted molar refractivity (Wildman–Crippen MR) is 98.0 cm³/mol. The number of benzene rings is 1. The number of aromatic nitrogens is 2. The summed E-state index contributed by atoms with van der Waals surface area (Å²) in [7, 11) is 0. The number of nitrogens with one attached hydrogen (secondary N) is 2. The molecule has 2 N–H and O–H groups in total.